The van der Waals surface area contributed by atoms with E-state index in [0.717, 1.165) is 23.9 Å². The zero-order chi connectivity index (χ0) is 11.3. The number of H-pyrrole nitrogens is 1. The van der Waals surface area contributed by atoms with Gasteiger partial charge in [-0.2, -0.15) is 4.39 Å². The summed E-state index contributed by atoms with van der Waals surface area (Å²) in [6.07, 6.45) is 1.65. The summed E-state index contributed by atoms with van der Waals surface area (Å²) in [4.78, 5) is 23.8. The Labute approximate surface area is 85.9 Å². The van der Waals surface area contributed by atoms with Gasteiger partial charge < -0.3 is 5.32 Å². The number of aryl methyl sites for hydroxylation is 1. The number of hydrogen-bond acceptors (Lipinski definition) is 3. The predicted molar refractivity (Wildman–Crippen MR) is 54.4 cm³/mol. The van der Waals surface area contributed by atoms with E-state index in [1.807, 2.05) is 11.9 Å². The molecule has 1 aromatic rings. The Morgan fingerprint density at radius 2 is 2.27 bits per heavy atom. The molecule has 0 radical (unpaired) electrons. The molecule has 1 aromatic heterocycles. The van der Waals surface area contributed by atoms with Crippen LogP contribution in [-0.4, -0.2) is 22.6 Å². The molecule has 0 aliphatic heterocycles. The van der Waals surface area contributed by atoms with Crippen molar-refractivity contribution in [3.63, 3.8) is 0 Å². The Morgan fingerprint density at radius 3 is 2.93 bits per heavy atom. The highest BCUT2D eigenvalue weighted by Gasteiger charge is 2.02. The largest absolute Gasteiger partial charge is 0.328 e. The molecule has 0 spiro atoms. The topological polar surface area (TPSA) is 66.9 Å². The predicted octanol–water partition coefficient (Wildman–Crippen LogP) is -0.325. The van der Waals surface area contributed by atoms with Crippen LogP contribution in [0.5, 0.6) is 0 Å². The van der Waals surface area contributed by atoms with Crippen molar-refractivity contribution in [1.82, 2.24) is 14.9 Å². The first-order chi connectivity index (χ1) is 7.15. The van der Waals surface area contributed by atoms with Crippen molar-refractivity contribution >= 4 is 0 Å². The van der Waals surface area contributed by atoms with Gasteiger partial charge in [-0.1, -0.05) is 6.92 Å². The number of aromatic nitrogens is 2. The monoisotopic (exact) mass is 215 g/mol. The van der Waals surface area contributed by atoms with E-state index in [0.29, 0.717) is 13.0 Å². The molecule has 0 saturated carbocycles. The van der Waals surface area contributed by atoms with E-state index in [2.05, 4.69) is 5.32 Å². The van der Waals surface area contributed by atoms with E-state index in [9.17, 15) is 14.0 Å². The number of aromatic amines is 1. The Morgan fingerprint density at radius 1 is 1.53 bits per heavy atom. The third-order valence-electron chi connectivity index (χ3n) is 1.97. The third kappa shape index (κ3) is 3.32. The highest BCUT2D eigenvalue weighted by molar-refractivity contribution is 4.86. The zero-order valence-corrected chi connectivity index (χ0v) is 8.55. The molecule has 2 N–H and O–H groups in total. The second-order valence-electron chi connectivity index (χ2n) is 3.14. The molecule has 0 aliphatic rings. The van der Waals surface area contributed by atoms with Crippen LogP contribution in [0.25, 0.3) is 0 Å². The molecule has 0 fully saturated rings. The molecule has 84 valence electrons. The Kier molecular flexibility index (Phi) is 4.23. The van der Waals surface area contributed by atoms with E-state index >= 15 is 0 Å². The molecule has 0 aliphatic carbocycles. The molecule has 0 atom stereocenters. The quantitative estimate of drug-likeness (QED) is 0.661. The number of halogens is 1. The highest BCUT2D eigenvalue weighted by atomic mass is 19.1. The van der Waals surface area contributed by atoms with Gasteiger partial charge in [-0.15, -0.1) is 0 Å². The van der Waals surface area contributed by atoms with Crippen LogP contribution in [0.4, 0.5) is 4.39 Å². The van der Waals surface area contributed by atoms with Gasteiger partial charge in [-0.05, 0) is 19.5 Å². The highest BCUT2D eigenvalue weighted by Crippen LogP contribution is 1.87. The molecular weight excluding hydrogens is 201 g/mol. The standard InChI is InChI=1S/C9H14FN3O2/c1-2-11-4-3-5-13-6-7(10)8(14)12-9(13)15/h6,11H,2-5H2,1H3,(H,12,14,15). The van der Waals surface area contributed by atoms with Crippen molar-refractivity contribution in [2.75, 3.05) is 13.1 Å². The second-order valence-corrected chi connectivity index (χ2v) is 3.14. The van der Waals surface area contributed by atoms with Gasteiger partial charge in [0, 0.05) is 6.54 Å². The van der Waals surface area contributed by atoms with Crippen LogP contribution in [0, 0.1) is 5.82 Å². The molecule has 5 nitrogen and oxygen atoms in total. The fourth-order valence-electron chi connectivity index (χ4n) is 1.20. The number of nitrogens with one attached hydrogen (secondary N) is 2. The molecule has 0 unspecified atom stereocenters. The van der Waals surface area contributed by atoms with Crippen molar-refractivity contribution in [3.8, 4) is 0 Å². The molecule has 0 bridgehead atoms. The Hall–Kier alpha value is -1.43. The minimum Gasteiger partial charge on any atom is -0.317 e. The van der Waals surface area contributed by atoms with Gasteiger partial charge in [-0.3, -0.25) is 14.3 Å². The van der Waals surface area contributed by atoms with Crippen molar-refractivity contribution in [3.05, 3.63) is 32.9 Å². The van der Waals surface area contributed by atoms with Gasteiger partial charge in [0.15, 0.2) is 0 Å². The molecule has 0 saturated heterocycles. The van der Waals surface area contributed by atoms with Crippen molar-refractivity contribution in [2.45, 2.75) is 19.9 Å². The Bertz CT molecular complexity index is 424. The fourth-order valence-corrected chi connectivity index (χ4v) is 1.20. The lowest BCUT2D eigenvalue weighted by Gasteiger charge is -2.04. The smallest absolute Gasteiger partial charge is 0.317 e. The van der Waals surface area contributed by atoms with Crippen LogP contribution in [0.2, 0.25) is 0 Å². The summed E-state index contributed by atoms with van der Waals surface area (Å²) in [5.41, 5.74) is -1.54. The maximum Gasteiger partial charge on any atom is 0.328 e. The number of nitrogens with zero attached hydrogens (tertiary/aromatic N) is 1. The number of rotatable bonds is 5. The lowest BCUT2D eigenvalue weighted by Crippen LogP contribution is -2.32. The summed E-state index contributed by atoms with van der Waals surface area (Å²) in [5, 5.41) is 3.08. The van der Waals surface area contributed by atoms with Crippen molar-refractivity contribution < 1.29 is 4.39 Å². The first kappa shape index (κ1) is 11.6. The van der Waals surface area contributed by atoms with Gasteiger partial charge in [0.2, 0.25) is 5.82 Å². The summed E-state index contributed by atoms with van der Waals surface area (Å²) < 4.78 is 14.0. The van der Waals surface area contributed by atoms with Gasteiger partial charge in [0.25, 0.3) is 5.56 Å². The normalized spacial score (nSPS) is 10.5. The summed E-state index contributed by atoms with van der Waals surface area (Å²) in [6.45, 7) is 3.98. The van der Waals surface area contributed by atoms with Crippen LogP contribution < -0.4 is 16.6 Å². The summed E-state index contributed by atoms with van der Waals surface area (Å²) in [6, 6.07) is 0. The van der Waals surface area contributed by atoms with Gasteiger partial charge in [0.05, 0.1) is 6.20 Å². The third-order valence-corrected chi connectivity index (χ3v) is 1.97. The molecule has 1 heterocycles. The van der Waals surface area contributed by atoms with Crippen molar-refractivity contribution in [2.24, 2.45) is 0 Å². The summed E-state index contributed by atoms with van der Waals surface area (Å²) >= 11 is 0. The summed E-state index contributed by atoms with van der Waals surface area (Å²) in [5.74, 6) is -0.932. The van der Waals surface area contributed by atoms with Crippen LogP contribution >= 0.6 is 0 Å². The Balaban J connectivity index is 2.66. The van der Waals surface area contributed by atoms with Crippen LogP contribution in [0.1, 0.15) is 13.3 Å². The molecule has 0 amide bonds. The average molecular weight is 215 g/mol. The number of hydrogen-bond donors (Lipinski definition) is 2. The lowest BCUT2D eigenvalue weighted by molar-refractivity contribution is 0.527. The lowest BCUT2D eigenvalue weighted by atomic mass is 10.4. The van der Waals surface area contributed by atoms with E-state index in [-0.39, 0.29) is 0 Å². The molecule has 15 heavy (non-hydrogen) atoms. The fraction of sp³-hybridized carbons (Fsp3) is 0.556. The van der Waals surface area contributed by atoms with Gasteiger partial charge >= 0.3 is 5.69 Å². The van der Waals surface area contributed by atoms with Crippen LogP contribution in [-0.2, 0) is 6.54 Å². The van der Waals surface area contributed by atoms with Crippen molar-refractivity contribution in [1.29, 1.82) is 0 Å². The van der Waals surface area contributed by atoms with Crippen LogP contribution in [0.3, 0.4) is 0 Å². The minimum absolute atomic E-state index is 0.388. The average Bonchev–Trinajstić information content (AvgIpc) is 2.20. The molecular formula is C9H14FN3O2. The molecule has 0 aromatic carbocycles. The summed E-state index contributed by atoms with van der Waals surface area (Å²) in [7, 11) is 0. The zero-order valence-electron chi connectivity index (χ0n) is 8.55. The van der Waals surface area contributed by atoms with Gasteiger partial charge in [0.1, 0.15) is 0 Å². The van der Waals surface area contributed by atoms with Gasteiger partial charge in [-0.25, -0.2) is 4.79 Å². The van der Waals surface area contributed by atoms with E-state index in [1.54, 1.807) is 0 Å². The first-order valence-corrected chi connectivity index (χ1v) is 4.85. The van der Waals surface area contributed by atoms with E-state index < -0.39 is 17.1 Å². The maximum atomic E-state index is 12.8. The SMILES string of the molecule is CCNCCCn1cc(F)c(=O)[nH]c1=O. The minimum atomic E-state index is -0.970. The first-order valence-electron chi connectivity index (χ1n) is 4.85. The molecule has 6 heteroatoms. The maximum absolute atomic E-state index is 12.8. The van der Waals surface area contributed by atoms with E-state index in [1.165, 1.54) is 0 Å². The second kappa shape index (κ2) is 5.45. The molecule has 1 rings (SSSR count). The van der Waals surface area contributed by atoms with E-state index in [4.69, 9.17) is 0 Å². The van der Waals surface area contributed by atoms with Crippen LogP contribution in [0.15, 0.2) is 15.8 Å².